The summed E-state index contributed by atoms with van der Waals surface area (Å²) in [5.41, 5.74) is 1.93. The van der Waals surface area contributed by atoms with Gasteiger partial charge in [0.05, 0.1) is 4.90 Å². The van der Waals surface area contributed by atoms with E-state index in [1.54, 1.807) is 10.4 Å². The third-order valence-electron chi connectivity index (χ3n) is 4.43. The van der Waals surface area contributed by atoms with Crippen LogP contribution in [0.5, 0.6) is 0 Å². The van der Waals surface area contributed by atoms with Crippen molar-refractivity contribution in [2.45, 2.75) is 50.0 Å². The van der Waals surface area contributed by atoms with Crippen LogP contribution < -0.4 is 5.32 Å². The molecule has 4 nitrogen and oxygen atoms in total. The third-order valence-corrected chi connectivity index (χ3v) is 6.53. The summed E-state index contributed by atoms with van der Waals surface area (Å²) >= 11 is 0. The lowest BCUT2D eigenvalue weighted by Gasteiger charge is -2.31. The number of hydrogen-bond donors (Lipinski definition) is 1. The first-order valence-corrected chi connectivity index (χ1v) is 8.75. The van der Waals surface area contributed by atoms with E-state index in [1.165, 1.54) is 0 Å². The largest absolute Gasteiger partial charge is 0.385 e. The second-order valence-electron chi connectivity index (χ2n) is 6.34. The van der Waals surface area contributed by atoms with Crippen LogP contribution in [0.2, 0.25) is 0 Å². The lowest BCUT2D eigenvalue weighted by Crippen LogP contribution is -2.42. The van der Waals surface area contributed by atoms with Crippen molar-refractivity contribution in [1.29, 1.82) is 0 Å². The molecule has 110 valence electrons. The molecule has 2 aliphatic rings. The van der Waals surface area contributed by atoms with E-state index >= 15 is 0 Å². The highest BCUT2D eigenvalue weighted by atomic mass is 32.2. The van der Waals surface area contributed by atoms with Crippen molar-refractivity contribution in [2.75, 3.05) is 18.4 Å². The van der Waals surface area contributed by atoms with Gasteiger partial charge in [-0.25, -0.2) is 8.42 Å². The fourth-order valence-corrected chi connectivity index (χ4v) is 5.16. The molecule has 0 amide bonds. The van der Waals surface area contributed by atoms with Crippen LogP contribution in [0, 0.1) is 0 Å². The number of benzene rings is 1. The van der Waals surface area contributed by atoms with E-state index in [0.29, 0.717) is 11.4 Å². The van der Waals surface area contributed by atoms with E-state index < -0.39 is 10.0 Å². The first kappa shape index (κ1) is 13.9. The molecule has 0 saturated carbocycles. The van der Waals surface area contributed by atoms with Gasteiger partial charge in [0.15, 0.2) is 0 Å². The van der Waals surface area contributed by atoms with Gasteiger partial charge in [-0.1, -0.05) is 0 Å². The van der Waals surface area contributed by atoms with Crippen molar-refractivity contribution >= 4 is 15.7 Å². The van der Waals surface area contributed by atoms with Gasteiger partial charge in [-0.05, 0) is 63.3 Å². The van der Waals surface area contributed by atoms with E-state index in [-0.39, 0.29) is 5.54 Å². The molecule has 20 heavy (non-hydrogen) atoms. The van der Waals surface area contributed by atoms with Crippen LogP contribution in [0.25, 0.3) is 0 Å². The molecule has 0 bridgehead atoms. The summed E-state index contributed by atoms with van der Waals surface area (Å²) in [6.45, 7) is 5.62. The monoisotopic (exact) mass is 294 g/mol. The summed E-state index contributed by atoms with van der Waals surface area (Å²) in [6, 6.07) is 5.50. The van der Waals surface area contributed by atoms with E-state index in [0.717, 1.165) is 43.5 Å². The Labute approximate surface area is 121 Å². The van der Waals surface area contributed by atoms with Gasteiger partial charge in [0.1, 0.15) is 0 Å². The maximum absolute atomic E-state index is 12.8. The summed E-state index contributed by atoms with van der Waals surface area (Å²) in [5.74, 6) is 0. The number of nitrogens with zero attached hydrogens (tertiary/aromatic N) is 1. The molecule has 5 heteroatoms. The van der Waals surface area contributed by atoms with Crippen molar-refractivity contribution in [1.82, 2.24) is 4.31 Å². The Balaban J connectivity index is 1.99. The lowest BCUT2D eigenvalue weighted by molar-refractivity contribution is 0.291. The standard InChI is InChI=1S/C15H22N2O2S/c1-15(2)8-4-10-17(15)20(18,19)13-6-7-14-12(11-13)5-3-9-16-14/h6-7,11,16H,3-5,8-10H2,1-2H3. The molecule has 3 rings (SSSR count). The summed E-state index contributed by atoms with van der Waals surface area (Å²) in [7, 11) is -3.37. The first-order chi connectivity index (χ1) is 9.41. The SMILES string of the molecule is CC1(C)CCCN1S(=O)(=O)c1ccc2c(c1)CCCN2. The normalized spacial score (nSPS) is 22.3. The molecule has 1 aromatic rings. The van der Waals surface area contributed by atoms with Crippen LogP contribution in [-0.4, -0.2) is 31.4 Å². The molecular formula is C15H22N2O2S. The summed E-state index contributed by atoms with van der Waals surface area (Å²) in [5, 5.41) is 3.32. The van der Waals surface area contributed by atoms with Crippen LogP contribution in [0.1, 0.15) is 38.7 Å². The van der Waals surface area contributed by atoms with Gasteiger partial charge < -0.3 is 5.32 Å². The number of hydrogen-bond acceptors (Lipinski definition) is 3. The number of rotatable bonds is 2. The Morgan fingerprint density at radius 1 is 1.25 bits per heavy atom. The molecule has 0 spiro atoms. The zero-order chi connectivity index (χ0) is 14.4. The average Bonchev–Trinajstić information content (AvgIpc) is 2.78. The number of aryl methyl sites for hydroxylation is 1. The number of anilines is 1. The third kappa shape index (κ3) is 2.23. The zero-order valence-electron chi connectivity index (χ0n) is 12.1. The quantitative estimate of drug-likeness (QED) is 0.912. The molecule has 2 heterocycles. The highest BCUT2D eigenvalue weighted by Crippen LogP contribution is 2.35. The molecule has 1 aromatic carbocycles. The summed E-state index contributed by atoms with van der Waals surface area (Å²) in [4.78, 5) is 0.440. The predicted octanol–water partition coefficient (Wildman–Crippen LogP) is 2.61. The number of nitrogens with one attached hydrogen (secondary N) is 1. The molecule has 0 aromatic heterocycles. The first-order valence-electron chi connectivity index (χ1n) is 7.31. The van der Waals surface area contributed by atoms with Gasteiger partial charge in [-0.3, -0.25) is 0 Å². The molecule has 0 aliphatic carbocycles. The van der Waals surface area contributed by atoms with Crippen molar-refractivity contribution in [3.05, 3.63) is 23.8 Å². The lowest BCUT2D eigenvalue weighted by atomic mass is 10.0. The van der Waals surface area contributed by atoms with Gasteiger partial charge in [0, 0.05) is 24.3 Å². The number of sulfonamides is 1. The maximum Gasteiger partial charge on any atom is 0.243 e. The Bertz CT molecular complexity index is 623. The summed E-state index contributed by atoms with van der Waals surface area (Å²) in [6.07, 6.45) is 3.89. The van der Waals surface area contributed by atoms with Crippen LogP contribution in [0.3, 0.4) is 0 Å². The Morgan fingerprint density at radius 3 is 2.75 bits per heavy atom. The fourth-order valence-electron chi connectivity index (χ4n) is 3.27. The smallest absolute Gasteiger partial charge is 0.243 e. The minimum Gasteiger partial charge on any atom is -0.385 e. The van der Waals surface area contributed by atoms with Crippen molar-refractivity contribution in [2.24, 2.45) is 0 Å². The molecule has 1 N–H and O–H groups in total. The fraction of sp³-hybridized carbons (Fsp3) is 0.600. The van der Waals surface area contributed by atoms with Gasteiger partial charge in [0.25, 0.3) is 0 Å². The Hall–Kier alpha value is -1.07. The molecule has 0 radical (unpaired) electrons. The second-order valence-corrected chi connectivity index (χ2v) is 8.20. The maximum atomic E-state index is 12.8. The molecule has 2 aliphatic heterocycles. The van der Waals surface area contributed by atoms with Crippen molar-refractivity contribution in [3.63, 3.8) is 0 Å². The van der Waals surface area contributed by atoms with Crippen LogP contribution in [-0.2, 0) is 16.4 Å². The molecule has 0 atom stereocenters. The Morgan fingerprint density at radius 2 is 2.05 bits per heavy atom. The highest BCUT2D eigenvalue weighted by molar-refractivity contribution is 7.89. The van der Waals surface area contributed by atoms with Crippen LogP contribution in [0.4, 0.5) is 5.69 Å². The average molecular weight is 294 g/mol. The minimum absolute atomic E-state index is 0.271. The molecule has 0 unspecified atom stereocenters. The topological polar surface area (TPSA) is 49.4 Å². The zero-order valence-corrected chi connectivity index (χ0v) is 13.0. The van der Waals surface area contributed by atoms with Gasteiger partial charge in [-0.2, -0.15) is 4.31 Å². The van der Waals surface area contributed by atoms with E-state index in [9.17, 15) is 8.42 Å². The molecule has 1 saturated heterocycles. The van der Waals surface area contributed by atoms with E-state index in [2.05, 4.69) is 5.32 Å². The number of fused-ring (bicyclic) bond motifs is 1. The Kier molecular flexibility index (Phi) is 3.29. The van der Waals surface area contributed by atoms with E-state index in [4.69, 9.17) is 0 Å². The van der Waals surface area contributed by atoms with Gasteiger partial charge >= 0.3 is 0 Å². The predicted molar refractivity (Wildman–Crippen MR) is 80.5 cm³/mol. The summed E-state index contributed by atoms with van der Waals surface area (Å²) < 4.78 is 27.3. The minimum atomic E-state index is -3.37. The molecule has 1 fully saturated rings. The van der Waals surface area contributed by atoms with Gasteiger partial charge in [0.2, 0.25) is 10.0 Å². The van der Waals surface area contributed by atoms with Gasteiger partial charge in [-0.15, -0.1) is 0 Å². The van der Waals surface area contributed by atoms with Crippen molar-refractivity contribution < 1.29 is 8.42 Å². The second kappa shape index (κ2) is 4.74. The van der Waals surface area contributed by atoms with Crippen molar-refractivity contribution in [3.8, 4) is 0 Å². The van der Waals surface area contributed by atoms with Crippen LogP contribution in [0.15, 0.2) is 23.1 Å². The molecular weight excluding hydrogens is 272 g/mol. The van der Waals surface area contributed by atoms with E-state index in [1.807, 2.05) is 26.0 Å². The van der Waals surface area contributed by atoms with Crippen LogP contribution >= 0.6 is 0 Å². The highest BCUT2D eigenvalue weighted by Gasteiger charge is 2.40.